The number of hydrogen-bond acceptors (Lipinski definition) is 6. The Kier molecular flexibility index (Phi) is 3.38. The molecule has 2 aliphatic heterocycles. The highest BCUT2D eigenvalue weighted by molar-refractivity contribution is 7.09. The Labute approximate surface area is 143 Å². The molecule has 2 aromatic heterocycles. The van der Waals surface area contributed by atoms with E-state index < -0.39 is 0 Å². The minimum Gasteiger partial charge on any atom is -0.366 e. The number of thiazole rings is 1. The molecule has 0 bridgehead atoms. The maximum Gasteiger partial charge on any atom is 0.255 e. The second-order valence-electron chi connectivity index (χ2n) is 6.89. The molecule has 0 radical (unpaired) electrons. The van der Waals surface area contributed by atoms with Gasteiger partial charge in [-0.1, -0.05) is 0 Å². The van der Waals surface area contributed by atoms with Crippen molar-refractivity contribution in [3.63, 3.8) is 0 Å². The second-order valence-corrected chi connectivity index (χ2v) is 7.77. The van der Waals surface area contributed by atoms with Crippen molar-refractivity contribution in [1.29, 1.82) is 0 Å². The normalized spacial score (nSPS) is 29.0. The molecule has 5 rings (SSSR count). The van der Waals surface area contributed by atoms with Crippen molar-refractivity contribution in [2.75, 3.05) is 13.1 Å². The molecule has 1 saturated carbocycles. The fourth-order valence-corrected chi connectivity index (χ4v) is 4.65. The van der Waals surface area contributed by atoms with E-state index in [1.165, 1.54) is 24.7 Å². The van der Waals surface area contributed by atoms with Gasteiger partial charge in [0.1, 0.15) is 11.1 Å². The molecule has 4 heterocycles. The van der Waals surface area contributed by atoms with E-state index in [1.807, 2.05) is 4.90 Å². The average molecular weight is 342 g/mol. The van der Waals surface area contributed by atoms with Crippen LogP contribution in [-0.4, -0.2) is 45.2 Å². The number of hydrogen-bond donors (Lipinski definition) is 0. The van der Waals surface area contributed by atoms with Gasteiger partial charge in [0.15, 0.2) is 0 Å². The van der Waals surface area contributed by atoms with Crippen LogP contribution >= 0.6 is 11.3 Å². The third-order valence-electron chi connectivity index (χ3n) is 5.17. The van der Waals surface area contributed by atoms with E-state index >= 15 is 0 Å². The lowest BCUT2D eigenvalue weighted by molar-refractivity contribution is 0.0353. The lowest BCUT2D eigenvalue weighted by atomic mass is 10.0. The van der Waals surface area contributed by atoms with Crippen molar-refractivity contribution >= 4 is 17.2 Å². The summed E-state index contributed by atoms with van der Waals surface area (Å²) in [4.78, 5) is 19.2. The number of nitrogens with zero attached hydrogens (tertiary/aromatic N) is 4. The molecule has 3 fully saturated rings. The smallest absolute Gasteiger partial charge is 0.255 e. The summed E-state index contributed by atoms with van der Waals surface area (Å²) in [7, 11) is 0. The van der Waals surface area contributed by atoms with Crippen LogP contribution in [0.4, 0.5) is 0 Å². The molecule has 124 valence electrons. The van der Waals surface area contributed by atoms with Crippen LogP contribution in [0.5, 0.6) is 0 Å². The minimum atomic E-state index is 0.0183. The Balaban J connectivity index is 1.24. The van der Waals surface area contributed by atoms with Gasteiger partial charge in [-0.15, -0.1) is 11.3 Å². The van der Waals surface area contributed by atoms with Crippen LogP contribution in [0, 0.1) is 5.92 Å². The molecule has 0 N–H and O–H groups in total. The quantitative estimate of drug-likeness (QED) is 0.857. The van der Waals surface area contributed by atoms with Crippen molar-refractivity contribution in [1.82, 2.24) is 20.1 Å². The van der Waals surface area contributed by atoms with Crippen LogP contribution in [0.3, 0.4) is 0 Å². The molecular formula is C17H18N4O2S. The highest BCUT2D eigenvalue weighted by atomic mass is 32.1. The summed E-state index contributed by atoms with van der Waals surface area (Å²) in [6.45, 7) is 1.41. The third kappa shape index (κ3) is 2.52. The van der Waals surface area contributed by atoms with Gasteiger partial charge in [0.25, 0.3) is 5.91 Å². The first-order chi connectivity index (χ1) is 11.8. The lowest BCUT2D eigenvalue weighted by Gasteiger charge is -2.18. The zero-order chi connectivity index (χ0) is 16.1. The van der Waals surface area contributed by atoms with Gasteiger partial charge >= 0.3 is 0 Å². The molecule has 2 aromatic rings. The largest absolute Gasteiger partial charge is 0.366 e. The van der Waals surface area contributed by atoms with E-state index in [9.17, 15) is 4.79 Å². The van der Waals surface area contributed by atoms with Crippen LogP contribution in [0.2, 0.25) is 0 Å². The first-order valence-electron chi connectivity index (χ1n) is 8.44. The Bertz CT molecular complexity index is 747. The number of likely N-dealkylation sites (tertiary alicyclic amines) is 1. The number of carbonyl (C=O) groups is 1. The van der Waals surface area contributed by atoms with E-state index in [0.29, 0.717) is 23.9 Å². The molecule has 2 saturated heterocycles. The zero-order valence-electron chi connectivity index (χ0n) is 13.2. The standard InChI is InChI=1S/C17H18N4O2S/c22-17(11-3-4-18-19-6-11)21-7-12-5-14(23-15(12)8-21)16-20-13(9-24-16)10-1-2-10/h3-4,6,9-10,12,14-15H,1-2,5,7-8H2/t12-,14-,15+/m0/s1. The molecule has 6 nitrogen and oxygen atoms in total. The van der Waals surface area contributed by atoms with Gasteiger partial charge in [-0.2, -0.15) is 10.2 Å². The van der Waals surface area contributed by atoms with Gasteiger partial charge in [-0.25, -0.2) is 4.98 Å². The molecule has 3 atom stereocenters. The summed E-state index contributed by atoms with van der Waals surface area (Å²) in [5.74, 6) is 1.12. The number of carbonyl (C=O) groups excluding carboxylic acids is 1. The zero-order valence-corrected chi connectivity index (χ0v) is 14.0. The lowest BCUT2D eigenvalue weighted by Crippen LogP contribution is -2.30. The highest BCUT2D eigenvalue weighted by Gasteiger charge is 2.45. The van der Waals surface area contributed by atoms with Crippen molar-refractivity contribution in [2.45, 2.75) is 37.4 Å². The monoisotopic (exact) mass is 342 g/mol. The summed E-state index contributed by atoms with van der Waals surface area (Å²) in [6, 6.07) is 1.71. The topological polar surface area (TPSA) is 68.2 Å². The van der Waals surface area contributed by atoms with Crippen molar-refractivity contribution in [3.8, 4) is 0 Å². The predicted molar refractivity (Wildman–Crippen MR) is 87.7 cm³/mol. The molecule has 1 amide bonds. The average Bonchev–Trinajstić information content (AvgIpc) is 3.04. The number of ether oxygens (including phenoxy) is 1. The first-order valence-corrected chi connectivity index (χ1v) is 9.32. The van der Waals surface area contributed by atoms with Gasteiger partial charge in [-0.05, 0) is 25.3 Å². The molecule has 7 heteroatoms. The Hall–Kier alpha value is -1.86. The summed E-state index contributed by atoms with van der Waals surface area (Å²) >= 11 is 1.73. The van der Waals surface area contributed by atoms with Gasteiger partial charge in [-0.3, -0.25) is 4.79 Å². The van der Waals surface area contributed by atoms with Crippen LogP contribution < -0.4 is 0 Å². The Morgan fingerprint density at radius 1 is 1.29 bits per heavy atom. The predicted octanol–water partition coefficient (Wildman–Crippen LogP) is 2.41. The number of fused-ring (bicyclic) bond motifs is 1. The molecule has 1 aliphatic carbocycles. The van der Waals surface area contributed by atoms with E-state index in [0.717, 1.165) is 18.0 Å². The second kappa shape index (κ2) is 5.60. The maximum atomic E-state index is 12.5. The molecule has 0 spiro atoms. The van der Waals surface area contributed by atoms with Crippen molar-refractivity contribution in [3.05, 3.63) is 40.1 Å². The molecular weight excluding hydrogens is 324 g/mol. The Morgan fingerprint density at radius 3 is 2.96 bits per heavy atom. The molecule has 0 aromatic carbocycles. The van der Waals surface area contributed by atoms with E-state index in [-0.39, 0.29) is 18.1 Å². The molecule has 0 unspecified atom stereocenters. The Morgan fingerprint density at radius 2 is 2.21 bits per heavy atom. The van der Waals surface area contributed by atoms with Gasteiger partial charge < -0.3 is 9.64 Å². The van der Waals surface area contributed by atoms with Gasteiger partial charge in [0, 0.05) is 30.3 Å². The summed E-state index contributed by atoms with van der Waals surface area (Å²) < 4.78 is 6.23. The maximum absolute atomic E-state index is 12.5. The van der Waals surface area contributed by atoms with E-state index in [4.69, 9.17) is 9.72 Å². The van der Waals surface area contributed by atoms with Gasteiger partial charge in [0.2, 0.25) is 0 Å². The summed E-state index contributed by atoms with van der Waals surface area (Å²) in [5, 5.41) is 10.8. The molecule has 24 heavy (non-hydrogen) atoms. The van der Waals surface area contributed by atoms with E-state index in [2.05, 4.69) is 15.6 Å². The third-order valence-corrected chi connectivity index (χ3v) is 6.12. The SMILES string of the molecule is O=C(c1ccnnc1)N1C[C@@H]2C[C@@H](c3nc(C4CC4)cs3)O[C@@H]2C1. The fourth-order valence-electron chi connectivity index (χ4n) is 3.70. The van der Waals surface area contributed by atoms with Crippen molar-refractivity contribution < 1.29 is 9.53 Å². The first kappa shape index (κ1) is 14.5. The summed E-state index contributed by atoms with van der Waals surface area (Å²) in [6.07, 6.45) is 6.83. The number of aromatic nitrogens is 3. The van der Waals surface area contributed by atoms with Crippen molar-refractivity contribution in [2.24, 2.45) is 5.92 Å². The number of rotatable bonds is 3. The highest BCUT2D eigenvalue weighted by Crippen LogP contribution is 2.45. The summed E-state index contributed by atoms with van der Waals surface area (Å²) in [5.41, 5.74) is 1.84. The van der Waals surface area contributed by atoms with Gasteiger partial charge in [0.05, 0.1) is 29.8 Å². The van der Waals surface area contributed by atoms with Crippen LogP contribution in [0.15, 0.2) is 23.8 Å². The van der Waals surface area contributed by atoms with Crippen LogP contribution in [-0.2, 0) is 4.74 Å². The van der Waals surface area contributed by atoms with Crippen LogP contribution in [0.25, 0.3) is 0 Å². The van der Waals surface area contributed by atoms with Crippen LogP contribution in [0.1, 0.15) is 52.3 Å². The van der Waals surface area contributed by atoms with E-state index in [1.54, 1.807) is 23.6 Å². The minimum absolute atomic E-state index is 0.0183. The number of amides is 1. The molecule has 3 aliphatic rings. The fraction of sp³-hybridized carbons (Fsp3) is 0.529.